The molecule has 0 N–H and O–H groups in total. The van der Waals surface area contributed by atoms with Crippen LogP contribution in [-0.4, -0.2) is 15.5 Å². The number of rotatable bonds is 5. The molecule has 0 spiro atoms. The van der Waals surface area contributed by atoms with Gasteiger partial charge in [0.25, 0.3) is 0 Å². The third kappa shape index (κ3) is 3.81. The maximum absolute atomic E-state index is 13.5. The number of aryl methyl sites for hydroxylation is 1. The summed E-state index contributed by atoms with van der Waals surface area (Å²) in [5, 5.41) is 1.18. The van der Waals surface area contributed by atoms with E-state index in [1.54, 1.807) is 29.2 Å². The number of hydrogen-bond donors (Lipinski definition) is 0. The van der Waals surface area contributed by atoms with Crippen LogP contribution >= 0.6 is 22.9 Å². The molecule has 3 aromatic carbocycles. The number of amides is 1. The lowest BCUT2D eigenvalue weighted by Crippen LogP contribution is -2.35. The van der Waals surface area contributed by atoms with Crippen molar-refractivity contribution in [3.8, 4) is 0 Å². The highest BCUT2D eigenvalue weighted by Gasteiger charge is 2.23. The number of carbonyl (C=O) groups is 1. The molecule has 6 nitrogen and oxygen atoms in total. The molecule has 160 valence electrons. The molecule has 8 heteroatoms. The minimum atomic E-state index is -0.564. The molecule has 0 radical (unpaired) electrons. The molecule has 5 rings (SSSR count). The number of nitrogens with zero attached hydrogens (tertiary/aromatic N) is 3. The van der Waals surface area contributed by atoms with Gasteiger partial charge in [-0.25, -0.2) is 9.78 Å². The number of benzene rings is 3. The lowest BCUT2D eigenvalue weighted by atomic mass is 10.2. The van der Waals surface area contributed by atoms with E-state index in [0.717, 1.165) is 21.3 Å². The number of oxazole rings is 1. The fourth-order valence-corrected chi connectivity index (χ4v) is 5.11. The second kappa shape index (κ2) is 8.26. The van der Waals surface area contributed by atoms with Gasteiger partial charge in [0, 0.05) is 5.02 Å². The van der Waals surface area contributed by atoms with Gasteiger partial charge in [-0.2, -0.15) is 0 Å². The zero-order chi connectivity index (χ0) is 22.2. The van der Waals surface area contributed by atoms with Crippen LogP contribution in [0.4, 0.5) is 5.13 Å². The highest BCUT2D eigenvalue weighted by atomic mass is 35.5. The van der Waals surface area contributed by atoms with Crippen molar-refractivity contribution in [2.24, 2.45) is 0 Å². The molecular weight excluding hydrogens is 446 g/mol. The van der Waals surface area contributed by atoms with Crippen molar-refractivity contribution in [1.29, 1.82) is 0 Å². The SMILES string of the molecule is Cc1cc(Cl)cc2sc(N(Cc3ccccc3)C(=O)Cn3c(=O)oc4ccccc43)nc12. The van der Waals surface area contributed by atoms with Crippen LogP contribution in [0.3, 0.4) is 0 Å². The molecule has 2 heterocycles. The second-order valence-electron chi connectivity index (χ2n) is 7.45. The van der Waals surface area contributed by atoms with Crippen LogP contribution in [0.2, 0.25) is 5.02 Å². The third-order valence-electron chi connectivity index (χ3n) is 5.22. The fraction of sp³-hybridized carbons (Fsp3) is 0.125. The van der Waals surface area contributed by atoms with Crippen LogP contribution in [0.5, 0.6) is 0 Å². The Kier molecular flexibility index (Phi) is 5.28. The molecule has 0 saturated carbocycles. The quantitative estimate of drug-likeness (QED) is 0.350. The van der Waals surface area contributed by atoms with Gasteiger partial charge in [0.15, 0.2) is 10.7 Å². The molecule has 5 aromatic rings. The highest BCUT2D eigenvalue weighted by Crippen LogP contribution is 2.34. The molecule has 0 atom stereocenters. The van der Waals surface area contributed by atoms with Crippen molar-refractivity contribution in [3.05, 3.63) is 93.4 Å². The van der Waals surface area contributed by atoms with Gasteiger partial charge < -0.3 is 4.42 Å². The summed E-state index contributed by atoms with van der Waals surface area (Å²) in [6.07, 6.45) is 0. The number of carbonyl (C=O) groups excluding carboxylic acids is 1. The topological polar surface area (TPSA) is 68.3 Å². The fourth-order valence-electron chi connectivity index (χ4n) is 3.67. The zero-order valence-corrected chi connectivity index (χ0v) is 18.7. The molecule has 0 saturated heterocycles. The van der Waals surface area contributed by atoms with Gasteiger partial charge in [0.2, 0.25) is 5.91 Å². The Hall–Kier alpha value is -3.42. The van der Waals surface area contributed by atoms with E-state index in [1.807, 2.05) is 49.4 Å². The molecule has 0 aliphatic rings. The molecule has 0 aliphatic heterocycles. The zero-order valence-electron chi connectivity index (χ0n) is 17.1. The van der Waals surface area contributed by atoms with E-state index in [4.69, 9.17) is 21.0 Å². The lowest BCUT2D eigenvalue weighted by molar-refractivity contribution is -0.119. The van der Waals surface area contributed by atoms with Crippen LogP contribution in [0.1, 0.15) is 11.1 Å². The van der Waals surface area contributed by atoms with E-state index in [2.05, 4.69) is 0 Å². The van der Waals surface area contributed by atoms with E-state index in [-0.39, 0.29) is 12.5 Å². The van der Waals surface area contributed by atoms with Crippen LogP contribution in [0.25, 0.3) is 21.3 Å². The minimum Gasteiger partial charge on any atom is -0.408 e. The number of fused-ring (bicyclic) bond motifs is 2. The van der Waals surface area contributed by atoms with Crippen molar-refractivity contribution in [3.63, 3.8) is 0 Å². The Labute approximate surface area is 192 Å². The number of aromatic nitrogens is 2. The summed E-state index contributed by atoms with van der Waals surface area (Å²) < 4.78 is 7.55. The van der Waals surface area contributed by atoms with E-state index in [0.29, 0.717) is 27.8 Å². The summed E-state index contributed by atoms with van der Waals surface area (Å²) in [6, 6.07) is 20.5. The largest absolute Gasteiger partial charge is 0.420 e. The molecule has 0 unspecified atom stereocenters. The maximum Gasteiger partial charge on any atom is 0.420 e. The highest BCUT2D eigenvalue weighted by molar-refractivity contribution is 7.22. The molecular formula is C24H18ClN3O3S. The standard InChI is InChI=1S/C24H18ClN3O3S/c1-15-11-17(25)12-20-22(15)26-23(32-20)28(13-16-7-3-2-4-8-16)21(29)14-27-18-9-5-6-10-19(18)31-24(27)30/h2-12H,13-14H2,1H3. The summed E-state index contributed by atoms with van der Waals surface area (Å²) in [5.41, 5.74) is 3.74. The van der Waals surface area contributed by atoms with Crippen molar-refractivity contribution < 1.29 is 9.21 Å². The van der Waals surface area contributed by atoms with Crippen LogP contribution in [0.15, 0.2) is 75.9 Å². The van der Waals surface area contributed by atoms with Gasteiger partial charge in [-0.15, -0.1) is 0 Å². The summed E-state index contributed by atoms with van der Waals surface area (Å²) in [6.45, 7) is 2.12. The Morgan fingerprint density at radius 2 is 1.88 bits per heavy atom. The lowest BCUT2D eigenvalue weighted by Gasteiger charge is -2.20. The number of halogens is 1. The van der Waals surface area contributed by atoms with Gasteiger partial charge in [-0.05, 0) is 42.3 Å². The summed E-state index contributed by atoms with van der Waals surface area (Å²) in [4.78, 5) is 32.3. The molecule has 32 heavy (non-hydrogen) atoms. The average Bonchev–Trinajstić information content (AvgIpc) is 3.34. The predicted octanol–water partition coefficient (Wildman–Crippen LogP) is 5.40. The molecule has 2 aromatic heterocycles. The first-order valence-electron chi connectivity index (χ1n) is 9.99. The van der Waals surface area contributed by atoms with Crippen LogP contribution in [-0.2, 0) is 17.9 Å². The predicted molar refractivity (Wildman–Crippen MR) is 127 cm³/mol. The number of thiazole rings is 1. The van der Waals surface area contributed by atoms with Gasteiger partial charge >= 0.3 is 5.76 Å². The summed E-state index contributed by atoms with van der Waals surface area (Å²) in [5.74, 6) is -0.823. The van der Waals surface area contributed by atoms with E-state index in [1.165, 1.54) is 15.9 Å². The van der Waals surface area contributed by atoms with E-state index >= 15 is 0 Å². The van der Waals surface area contributed by atoms with Gasteiger partial charge in [-0.3, -0.25) is 14.3 Å². The van der Waals surface area contributed by atoms with Gasteiger partial charge in [-0.1, -0.05) is 65.4 Å². The maximum atomic E-state index is 13.5. The van der Waals surface area contributed by atoms with E-state index < -0.39 is 5.76 Å². The first kappa shape index (κ1) is 20.5. The Bertz CT molecular complexity index is 1500. The summed E-state index contributed by atoms with van der Waals surface area (Å²) >= 11 is 7.62. The Morgan fingerprint density at radius 3 is 2.69 bits per heavy atom. The van der Waals surface area contributed by atoms with Crippen molar-refractivity contribution in [1.82, 2.24) is 9.55 Å². The first-order valence-corrected chi connectivity index (χ1v) is 11.2. The molecule has 0 bridgehead atoms. The van der Waals surface area contributed by atoms with E-state index in [9.17, 15) is 9.59 Å². The number of hydrogen-bond acceptors (Lipinski definition) is 5. The Balaban J connectivity index is 1.56. The van der Waals surface area contributed by atoms with Crippen molar-refractivity contribution in [2.75, 3.05) is 4.90 Å². The average molecular weight is 464 g/mol. The van der Waals surface area contributed by atoms with Crippen LogP contribution < -0.4 is 10.7 Å². The summed E-state index contributed by atoms with van der Waals surface area (Å²) in [7, 11) is 0. The van der Waals surface area contributed by atoms with Crippen molar-refractivity contribution >= 4 is 55.3 Å². The monoisotopic (exact) mass is 463 g/mol. The van der Waals surface area contributed by atoms with Crippen molar-refractivity contribution in [2.45, 2.75) is 20.0 Å². The first-order chi connectivity index (χ1) is 15.5. The van der Waals surface area contributed by atoms with Gasteiger partial charge in [0.1, 0.15) is 6.54 Å². The smallest absolute Gasteiger partial charge is 0.408 e. The molecule has 0 aliphatic carbocycles. The van der Waals surface area contributed by atoms with Gasteiger partial charge in [0.05, 0.1) is 22.3 Å². The van der Waals surface area contributed by atoms with Crippen LogP contribution in [0, 0.1) is 6.92 Å². The molecule has 1 amide bonds. The Morgan fingerprint density at radius 1 is 1.12 bits per heavy atom. The number of anilines is 1. The third-order valence-corrected chi connectivity index (χ3v) is 6.47. The number of para-hydroxylation sites is 2. The second-order valence-corrected chi connectivity index (χ2v) is 8.90. The molecule has 0 fully saturated rings. The normalized spacial score (nSPS) is 11.3. The minimum absolute atomic E-state index is 0.154.